The fourth-order valence-electron chi connectivity index (χ4n) is 2.43. The number of ketones is 1. The van der Waals surface area contributed by atoms with Crippen molar-refractivity contribution in [3.05, 3.63) is 19.2 Å². The molecule has 1 amide bonds. The van der Waals surface area contributed by atoms with Crippen molar-refractivity contribution >= 4 is 54.9 Å². The molecule has 0 spiro atoms. The first-order valence-electron chi connectivity index (χ1n) is 6.40. The zero-order chi connectivity index (χ0) is 14.9. The molecule has 1 aromatic rings. The highest BCUT2D eigenvalue weighted by molar-refractivity contribution is 9.12. The number of amides is 1. The number of primary amides is 1. The molecule has 4 nitrogen and oxygen atoms in total. The van der Waals surface area contributed by atoms with Crippen LogP contribution in [0.4, 0.5) is 0 Å². The minimum absolute atomic E-state index is 0.0656. The summed E-state index contributed by atoms with van der Waals surface area (Å²) in [5, 5.41) is 0. The molecule has 7 heteroatoms. The average molecular weight is 424 g/mol. The molecule has 2 heterocycles. The van der Waals surface area contributed by atoms with E-state index in [0.717, 1.165) is 20.4 Å². The molecular formula is C13H16Br2N2O2S. The Morgan fingerprint density at radius 1 is 1.45 bits per heavy atom. The smallest absolute Gasteiger partial charge is 0.221 e. The highest BCUT2D eigenvalue weighted by Crippen LogP contribution is 2.32. The summed E-state index contributed by atoms with van der Waals surface area (Å²) in [6.07, 6.45) is 1.71. The van der Waals surface area contributed by atoms with Gasteiger partial charge in [0.1, 0.15) is 0 Å². The van der Waals surface area contributed by atoms with Gasteiger partial charge >= 0.3 is 0 Å². The molecule has 1 aromatic heterocycles. The maximum absolute atomic E-state index is 12.4. The number of nitrogens with zero attached hydrogens (tertiary/aromatic N) is 1. The molecule has 0 aromatic carbocycles. The lowest BCUT2D eigenvalue weighted by molar-refractivity contribution is -0.123. The van der Waals surface area contributed by atoms with Gasteiger partial charge < -0.3 is 5.73 Å². The van der Waals surface area contributed by atoms with Gasteiger partial charge in [-0.1, -0.05) is 0 Å². The van der Waals surface area contributed by atoms with Crippen LogP contribution in [0.5, 0.6) is 0 Å². The van der Waals surface area contributed by atoms with Crippen molar-refractivity contribution in [2.75, 3.05) is 13.1 Å². The lowest BCUT2D eigenvalue weighted by Crippen LogP contribution is -2.47. The van der Waals surface area contributed by atoms with E-state index in [-0.39, 0.29) is 17.6 Å². The van der Waals surface area contributed by atoms with Crippen LogP contribution in [0.3, 0.4) is 0 Å². The van der Waals surface area contributed by atoms with E-state index in [9.17, 15) is 9.59 Å². The summed E-state index contributed by atoms with van der Waals surface area (Å²) in [6.45, 7) is 2.99. The number of nitrogens with two attached hydrogens (primary N) is 1. The van der Waals surface area contributed by atoms with E-state index in [2.05, 4.69) is 43.7 Å². The van der Waals surface area contributed by atoms with Gasteiger partial charge in [0.05, 0.1) is 20.0 Å². The Labute approximate surface area is 139 Å². The van der Waals surface area contributed by atoms with Gasteiger partial charge in [0.25, 0.3) is 0 Å². The number of halogens is 2. The Hall–Kier alpha value is -0.240. The molecule has 1 aliphatic heterocycles. The van der Waals surface area contributed by atoms with Crippen molar-refractivity contribution in [2.24, 2.45) is 11.7 Å². The van der Waals surface area contributed by atoms with Crippen molar-refractivity contribution in [1.29, 1.82) is 0 Å². The fraction of sp³-hybridized carbons (Fsp3) is 0.538. The molecule has 2 rings (SSSR count). The monoisotopic (exact) mass is 422 g/mol. The van der Waals surface area contributed by atoms with Crippen LogP contribution in [0.15, 0.2) is 13.6 Å². The lowest BCUT2D eigenvalue weighted by Gasteiger charge is -2.36. The molecule has 1 fully saturated rings. The molecule has 2 unspecified atom stereocenters. The summed E-state index contributed by atoms with van der Waals surface area (Å²) in [4.78, 5) is 25.7. The zero-order valence-corrected chi connectivity index (χ0v) is 15.1. The van der Waals surface area contributed by atoms with Crippen LogP contribution in [-0.2, 0) is 4.79 Å². The maximum atomic E-state index is 12.4. The number of thiophene rings is 1. The number of rotatable bonds is 4. The molecule has 0 saturated carbocycles. The predicted molar refractivity (Wildman–Crippen MR) is 87.0 cm³/mol. The molecule has 2 atom stereocenters. The van der Waals surface area contributed by atoms with Crippen molar-refractivity contribution in [1.82, 2.24) is 4.90 Å². The van der Waals surface area contributed by atoms with Gasteiger partial charge in [0.2, 0.25) is 5.91 Å². The number of likely N-dealkylation sites (tertiary alicyclic amines) is 1. The van der Waals surface area contributed by atoms with E-state index in [1.165, 1.54) is 11.3 Å². The zero-order valence-electron chi connectivity index (χ0n) is 11.1. The summed E-state index contributed by atoms with van der Waals surface area (Å²) in [5.74, 6) is -0.346. The van der Waals surface area contributed by atoms with Crippen molar-refractivity contribution in [2.45, 2.75) is 25.8 Å². The summed E-state index contributed by atoms with van der Waals surface area (Å²) in [5.41, 5.74) is 6.07. The second-order valence-electron chi connectivity index (χ2n) is 5.12. The molecule has 0 bridgehead atoms. The Balaban J connectivity index is 2.06. The van der Waals surface area contributed by atoms with Gasteiger partial charge in [-0.15, -0.1) is 11.3 Å². The highest BCUT2D eigenvalue weighted by Gasteiger charge is 2.30. The highest BCUT2D eigenvalue weighted by atomic mass is 79.9. The normalized spacial score (nSPS) is 23.8. The Morgan fingerprint density at radius 3 is 2.70 bits per heavy atom. The third-order valence-corrected chi connectivity index (χ3v) is 6.06. The molecule has 110 valence electrons. The van der Waals surface area contributed by atoms with Gasteiger partial charge in [-0.3, -0.25) is 14.5 Å². The van der Waals surface area contributed by atoms with Gasteiger partial charge in [-0.2, -0.15) is 0 Å². The van der Waals surface area contributed by atoms with Crippen LogP contribution < -0.4 is 5.73 Å². The number of piperidine rings is 1. The largest absolute Gasteiger partial charge is 0.369 e. The van der Waals surface area contributed by atoms with E-state index < -0.39 is 0 Å². The van der Waals surface area contributed by atoms with E-state index in [4.69, 9.17) is 5.73 Å². The van der Waals surface area contributed by atoms with Crippen molar-refractivity contribution < 1.29 is 9.59 Å². The first-order valence-corrected chi connectivity index (χ1v) is 8.80. The van der Waals surface area contributed by atoms with Crippen molar-refractivity contribution in [3.63, 3.8) is 0 Å². The van der Waals surface area contributed by atoms with Crippen LogP contribution in [0, 0.1) is 5.92 Å². The summed E-state index contributed by atoms with van der Waals surface area (Å²) in [6, 6.07) is 2.13. The van der Waals surface area contributed by atoms with Gasteiger partial charge in [-0.25, -0.2) is 0 Å². The molecule has 0 aliphatic carbocycles. The van der Waals surface area contributed by atoms with Crippen LogP contribution in [0.1, 0.15) is 30.1 Å². The Bertz CT molecular complexity index is 532. The van der Waals surface area contributed by atoms with Crippen molar-refractivity contribution in [3.8, 4) is 0 Å². The van der Waals surface area contributed by atoms with E-state index in [1.54, 1.807) is 0 Å². The van der Waals surface area contributed by atoms with E-state index in [1.807, 2.05) is 6.07 Å². The topological polar surface area (TPSA) is 63.4 Å². The van der Waals surface area contributed by atoms with Crippen LogP contribution >= 0.6 is 43.2 Å². The number of carbonyl (C=O) groups is 2. The number of hydrogen-bond donors (Lipinski definition) is 1. The molecule has 1 aliphatic rings. The number of hydrogen-bond acceptors (Lipinski definition) is 4. The Morgan fingerprint density at radius 2 is 2.15 bits per heavy atom. The second-order valence-corrected chi connectivity index (χ2v) is 8.87. The first kappa shape index (κ1) is 16.1. The minimum atomic E-state index is -0.270. The predicted octanol–water partition coefficient (Wildman–Crippen LogP) is 3.04. The quantitative estimate of drug-likeness (QED) is 0.757. The van der Waals surface area contributed by atoms with Gasteiger partial charge in [0, 0.05) is 18.2 Å². The van der Waals surface area contributed by atoms with E-state index in [0.29, 0.717) is 24.7 Å². The van der Waals surface area contributed by atoms with E-state index >= 15 is 0 Å². The molecule has 2 N–H and O–H groups in total. The fourth-order valence-corrected chi connectivity index (χ4v) is 5.29. The third-order valence-electron chi connectivity index (χ3n) is 3.72. The van der Waals surface area contributed by atoms with Gasteiger partial charge in [0.15, 0.2) is 5.78 Å². The average Bonchev–Trinajstić information content (AvgIpc) is 2.71. The van der Waals surface area contributed by atoms with Crippen LogP contribution in [0.2, 0.25) is 0 Å². The minimum Gasteiger partial charge on any atom is -0.369 e. The standard InChI is InChI=1S/C13H16Br2N2O2S/c1-7-2-3-8(13(16)19)5-17(7)6-10(18)9-4-11(14)20-12(9)15/h4,7-8H,2-3,5-6H2,1H3,(H2,16,19). The maximum Gasteiger partial charge on any atom is 0.221 e. The molecule has 20 heavy (non-hydrogen) atoms. The molecule has 0 radical (unpaired) electrons. The molecule has 1 saturated heterocycles. The Kier molecular flexibility index (Phi) is 5.39. The molecular weight excluding hydrogens is 408 g/mol. The van der Waals surface area contributed by atoms with Crippen LogP contribution in [-0.4, -0.2) is 35.7 Å². The summed E-state index contributed by atoms with van der Waals surface area (Å²) in [7, 11) is 0. The SMILES string of the molecule is CC1CCC(C(N)=O)CN1CC(=O)c1cc(Br)sc1Br. The van der Waals surface area contributed by atoms with Gasteiger partial charge in [-0.05, 0) is 57.7 Å². The lowest BCUT2D eigenvalue weighted by atomic mass is 9.92. The summed E-state index contributed by atoms with van der Waals surface area (Å²) < 4.78 is 1.76. The van der Waals surface area contributed by atoms with Crippen LogP contribution in [0.25, 0.3) is 0 Å². The third kappa shape index (κ3) is 3.69. The second kappa shape index (κ2) is 6.68. The number of Topliss-reactive ketones (excluding diaryl/α,β-unsaturated/α-hetero) is 1. The summed E-state index contributed by atoms with van der Waals surface area (Å²) >= 11 is 8.27. The number of carbonyl (C=O) groups excluding carboxylic acids is 2. The first-order chi connectivity index (χ1) is 9.38.